The van der Waals surface area contributed by atoms with E-state index < -0.39 is 23.5 Å². The van der Waals surface area contributed by atoms with Crippen molar-refractivity contribution in [3.05, 3.63) is 71.8 Å². The molecule has 2 aromatic rings. The molecular weight excluding hydrogens is 332 g/mol. The highest BCUT2D eigenvalue weighted by Gasteiger charge is 2.53. The molecule has 1 fully saturated rings. The van der Waals surface area contributed by atoms with Crippen molar-refractivity contribution in [1.82, 2.24) is 0 Å². The van der Waals surface area contributed by atoms with Crippen molar-refractivity contribution in [3.63, 3.8) is 0 Å². The van der Waals surface area contributed by atoms with Crippen molar-refractivity contribution in [2.24, 2.45) is 5.41 Å². The molecule has 0 bridgehead atoms. The molecule has 0 spiro atoms. The van der Waals surface area contributed by atoms with E-state index in [0.717, 1.165) is 11.1 Å². The van der Waals surface area contributed by atoms with Gasteiger partial charge in [0.05, 0.1) is 6.10 Å². The molecule has 5 heteroatoms. The molecule has 136 valence electrons. The third-order valence-electron chi connectivity index (χ3n) is 4.70. The molecule has 26 heavy (non-hydrogen) atoms. The van der Waals surface area contributed by atoms with Gasteiger partial charge < -0.3 is 14.6 Å². The number of ether oxygens (including phenoxy) is 2. The van der Waals surface area contributed by atoms with Crippen molar-refractivity contribution < 1.29 is 24.2 Å². The first-order valence-electron chi connectivity index (χ1n) is 8.70. The lowest BCUT2D eigenvalue weighted by Crippen LogP contribution is -2.40. The largest absolute Gasteiger partial charge is 0.460 e. The molecular formula is C21H22O5. The fraction of sp³-hybridized carbons (Fsp3) is 0.333. The van der Waals surface area contributed by atoms with E-state index in [-0.39, 0.29) is 26.1 Å². The van der Waals surface area contributed by atoms with E-state index in [0.29, 0.717) is 6.42 Å². The molecule has 1 saturated carbocycles. The molecule has 0 heterocycles. The van der Waals surface area contributed by atoms with Crippen LogP contribution in [0.25, 0.3) is 0 Å². The predicted octanol–water partition coefficient (Wildman–Crippen LogP) is 3.00. The molecule has 1 N–H and O–H groups in total. The Hall–Kier alpha value is -2.66. The maximum absolute atomic E-state index is 12.7. The highest BCUT2D eigenvalue weighted by atomic mass is 16.6. The van der Waals surface area contributed by atoms with Crippen LogP contribution in [0.2, 0.25) is 0 Å². The number of hydrogen-bond donors (Lipinski definition) is 1. The minimum absolute atomic E-state index is 0.0360. The van der Waals surface area contributed by atoms with Gasteiger partial charge in [-0.1, -0.05) is 60.7 Å². The summed E-state index contributed by atoms with van der Waals surface area (Å²) in [6, 6.07) is 18.5. The molecule has 1 atom stereocenters. The maximum Gasteiger partial charge on any atom is 0.323 e. The van der Waals surface area contributed by atoms with E-state index in [4.69, 9.17) is 9.47 Å². The summed E-state index contributed by atoms with van der Waals surface area (Å²) in [5.74, 6) is -1.26. The van der Waals surface area contributed by atoms with E-state index in [1.807, 2.05) is 60.7 Å². The quantitative estimate of drug-likeness (QED) is 0.638. The molecule has 0 aromatic heterocycles. The standard InChI is InChI=1S/C21H22O5/c22-18-11-12-21(13-18,19(23)25-14-16-7-3-1-4-8-16)20(24)26-15-17-9-5-2-6-10-17/h1-10,18,22H,11-15H2. The minimum Gasteiger partial charge on any atom is -0.460 e. The van der Waals surface area contributed by atoms with Crippen molar-refractivity contribution in [2.75, 3.05) is 0 Å². The zero-order valence-corrected chi connectivity index (χ0v) is 14.5. The van der Waals surface area contributed by atoms with Crippen LogP contribution in [-0.2, 0) is 32.3 Å². The number of carbonyl (C=O) groups is 2. The van der Waals surface area contributed by atoms with E-state index >= 15 is 0 Å². The number of aliphatic hydroxyl groups is 1. The summed E-state index contributed by atoms with van der Waals surface area (Å²) in [6.07, 6.45) is -0.0617. The van der Waals surface area contributed by atoms with Crippen molar-refractivity contribution >= 4 is 11.9 Å². The smallest absolute Gasteiger partial charge is 0.323 e. The van der Waals surface area contributed by atoms with Crippen LogP contribution in [0.1, 0.15) is 30.4 Å². The van der Waals surface area contributed by atoms with Crippen LogP contribution in [0.15, 0.2) is 60.7 Å². The van der Waals surface area contributed by atoms with Gasteiger partial charge in [0.2, 0.25) is 0 Å². The van der Waals surface area contributed by atoms with Crippen LogP contribution in [0.5, 0.6) is 0 Å². The van der Waals surface area contributed by atoms with Gasteiger partial charge in [-0.3, -0.25) is 9.59 Å². The highest BCUT2D eigenvalue weighted by Crippen LogP contribution is 2.41. The number of carbonyl (C=O) groups excluding carboxylic acids is 2. The molecule has 1 unspecified atom stereocenters. The predicted molar refractivity (Wildman–Crippen MR) is 94.8 cm³/mol. The topological polar surface area (TPSA) is 72.8 Å². The van der Waals surface area contributed by atoms with Gasteiger partial charge in [-0.15, -0.1) is 0 Å². The van der Waals surface area contributed by atoms with Crippen LogP contribution in [0.4, 0.5) is 0 Å². The lowest BCUT2D eigenvalue weighted by atomic mass is 9.86. The second-order valence-electron chi connectivity index (χ2n) is 6.60. The fourth-order valence-electron chi connectivity index (χ4n) is 3.20. The highest BCUT2D eigenvalue weighted by molar-refractivity contribution is 6.00. The van der Waals surface area contributed by atoms with Crippen LogP contribution in [-0.4, -0.2) is 23.1 Å². The van der Waals surface area contributed by atoms with Crippen LogP contribution in [0.3, 0.4) is 0 Å². The summed E-state index contributed by atoms with van der Waals surface area (Å²) in [7, 11) is 0. The van der Waals surface area contributed by atoms with E-state index in [9.17, 15) is 14.7 Å². The monoisotopic (exact) mass is 354 g/mol. The Morgan fingerprint density at radius 3 is 1.73 bits per heavy atom. The number of hydrogen-bond acceptors (Lipinski definition) is 5. The van der Waals surface area contributed by atoms with Gasteiger partial charge >= 0.3 is 11.9 Å². The lowest BCUT2D eigenvalue weighted by molar-refractivity contribution is -0.174. The number of rotatable bonds is 6. The van der Waals surface area contributed by atoms with Crippen molar-refractivity contribution in [2.45, 2.75) is 38.6 Å². The van der Waals surface area contributed by atoms with E-state index in [1.165, 1.54) is 0 Å². The van der Waals surface area contributed by atoms with Gasteiger partial charge in [0.25, 0.3) is 0 Å². The number of esters is 2. The third kappa shape index (κ3) is 4.11. The molecule has 5 nitrogen and oxygen atoms in total. The summed E-state index contributed by atoms with van der Waals surface area (Å²) in [5.41, 5.74) is 0.252. The average Bonchev–Trinajstić information content (AvgIpc) is 3.09. The molecule has 2 aromatic carbocycles. The second kappa shape index (κ2) is 8.15. The van der Waals surface area contributed by atoms with Crippen LogP contribution < -0.4 is 0 Å². The first-order chi connectivity index (χ1) is 12.6. The summed E-state index contributed by atoms with van der Waals surface area (Å²) in [5, 5.41) is 9.92. The summed E-state index contributed by atoms with van der Waals surface area (Å²) >= 11 is 0. The van der Waals surface area contributed by atoms with Gasteiger partial charge in [-0.05, 0) is 24.0 Å². The Morgan fingerprint density at radius 2 is 1.35 bits per heavy atom. The van der Waals surface area contributed by atoms with Gasteiger partial charge in [-0.25, -0.2) is 0 Å². The first kappa shape index (κ1) is 18.1. The minimum atomic E-state index is -1.43. The lowest BCUT2D eigenvalue weighted by Gasteiger charge is -2.24. The molecule has 1 aliphatic carbocycles. The first-order valence-corrected chi connectivity index (χ1v) is 8.70. The van der Waals surface area contributed by atoms with Crippen molar-refractivity contribution in [3.8, 4) is 0 Å². The molecule has 0 saturated heterocycles. The molecule has 1 aliphatic rings. The van der Waals surface area contributed by atoms with Gasteiger partial charge in [-0.2, -0.15) is 0 Å². The molecule has 0 radical (unpaired) electrons. The average molecular weight is 354 g/mol. The SMILES string of the molecule is O=C(OCc1ccccc1)C1(C(=O)OCc2ccccc2)CCC(O)C1. The Labute approximate surface area is 152 Å². The van der Waals surface area contributed by atoms with Crippen molar-refractivity contribution in [1.29, 1.82) is 0 Å². The normalized spacial score (nSPS) is 18.3. The molecule has 3 rings (SSSR count). The third-order valence-corrected chi connectivity index (χ3v) is 4.70. The summed E-state index contributed by atoms with van der Waals surface area (Å²) in [6.45, 7) is 0.174. The Bertz CT molecular complexity index is 686. The van der Waals surface area contributed by atoms with E-state index in [1.54, 1.807) is 0 Å². The maximum atomic E-state index is 12.7. The molecule has 0 aliphatic heterocycles. The van der Waals surface area contributed by atoms with E-state index in [2.05, 4.69) is 0 Å². The van der Waals surface area contributed by atoms with Crippen LogP contribution in [0, 0.1) is 5.41 Å². The number of aliphatic hydroxyl groups excluding tert-OH is 1. The fourth-order valence-corrected chi connectivity index (χ4v) is 3.20. The summed E-state index contributed by atoms with van der Waals surface area (Å²) < 4.78 is 10.8. The summed E-state index contributed by atoms with van der Waals surface area (Å²) in [4.78, 5) is 25.4. The second-order valence-corrected chi connectivity index (χ2v) is 6.60. The van der Waals surface area contributed by atoms with Gasteiger partial charge in [0, 0.05) is 6.42 Å². The molecule has 0 amide bonds. The van der Waals surface area contributed by atoms with Crippen LogP contribution >= 0.6 is 0 Å². The Balaban J connectivity index is 1.67. The number of benzene rings is 2. The Kier molecular flexibility index (Phi) is 5.68. The zero-order valence-electron chi connectivity index (χ0n) is 14.5. The van der Waals surface area contributed by atoms with Gasteiger partial charge in [0.15, 0.2) is 5.41 Å². The van der Waals surface area contributed by atoms with Gasteiger partial charge in [0.1, 0.15) is 13.2 Å². The zero-order chi connectivity index (χ0) is 18.4. The Morgan fingerprint density at radius 1 is 0.885 bits per heavy atom.